The molecule has 0 unspecified atom stereocenters. The Morgan fingerprint density at radius 2 is 1.65 bits per heavy atom. The average molecular weight is 266 g/mol. The van der Waals surface area contributed by atoms with Crippen LogP contribution in [0.2, 0.25) is 0 Å². The van der Waals surface area contributed by atoms with E-state index in [1.54, 1.807) is 36.4 Å². The maximum absolute atomic E-state index is 12.3. The Labute approximate surface area is 117 Å². The zero-order valence-electron chi connectivity index (χ0n) is 11.1. The lowest BCUT2D eigenvalue weighted by atomic mass is 10.0. The van der Waals surface area contributed by atoms with Crippen molar-refractivity contribution in [1.29, 1.82) is 0 Å². The fourth-order valence-electron chi connectivity index (χ4n) is 1.77. The van der Waals surface area contributed by atoms with Gasteiger partial charge in [-0.3, -0.25) is 4.79 Å². The van der Waals surface area contributed by atoms with Gasteiger partial charge in [0.1, 0.15) is 0 Å². The number of methoxy groups -OCH3 is 1. The quantitative estimate of drug-likeness (QED) is 0.485. The van der Waals surface area contributed by atoms with Crippen molar-refractivity contribution < 1.29 is 14.3 Å². The molecule has 0 aromatic heterocycles. The first-order valence-electron chi connectivity index (χ1n) is 6.16. The number of carbonyl (C=O) groups is 2. The Morgan fingerprint density at radius 1 is 0.950 bits per heavy atom. The molecule has 0 N–H and O–H groups in total. The molecule has 0 amide bonds. The van der Waals surface area contributed by atoms with Gasteiger partial charge in [0.05, 0.1) is 7.11 Å². The second-order valence-electron chi connectivity index (χ2n) is 4.18. The number of esters is 1. The van der Waals surface area contributed by atoms with Crippen molar-refractivity contribution in [1.82, 2.24) is 0 Å². The van der Waals surface area contributed by atoms with Crippen LogP contribution in [0.4, 0.5) is 0 Å². The molecule has 0 bridgehead atoms. The average Bonchev–Trinajstić information content (AvgIpc) is 2.53. The highest BCUT2D eigenvalue weighted by molar-refractivity contribution is 6.09. The van der Waals surface area contributed by atoms with Crippen LogP contribution < -0.4 is 0 Å². The van der Waals surface area contributed by atoms with E-state index in [1.807, 2.05) is 24.3 Å². The highest BCUT2D eigenvalue weighted by Crippen LogP contribution is 2.12. The summed E-state index contributed by atoms with van der Waals surface area (Å²) in [4.78, 5) is 23.3. The molecule has 3 heteroatoms. The van der Waals surface area contributed by atoms with Crippen LogP contribution in [0.25, 0.3) is 6.08 Å². The van der Waals surface area contributed by atoms with Crippen LogP contribution in [0.15, 0.2) is 60.7 Å². The van der Waals surface area contributed by atoms with Crippen LogP contribution in [-0.4, -0.2) is 18.9 Å². The van der Waals surface area contributed by atoms with Crippen LogP contribution >= 0.6 is 0 Å². The maximum Gasteiger partial charge on any atom is 0.330 e. The number of ether oxygens (including phenoxy) is 1. The van der Waals surface area contributed by atoms with Gasteiger partial charge in [0, 0.05) is 17.2 Å². The third kappa shape index (κ3) is 3.42. The van der Waals surface area contributed by atoms with Gasteiger partial charge >= 0.3 is 5.97 Å². The Morgan fingerprint density at radius 3 is 2.35 bits per heavy atom. The summed E-state index contributed by atoms with van der Waals surface area (Å²) in [5, 5.41) is 0. The van der Waals surface area contributed by atoms with Crippen molar-refractivity contribution in [2.75, 3.05) is 7.11 Å². The first kappa shape index (κ1) is 13.7. The van der Waals surface area contributed by atoms with E-state index in [0.717, 1.165) is 5.56 Å². The molecule has 0 saturated carbocycles. The summed E-state index contributed by atoms with van der Waals surface area (Å²) < 4.78 is 4.53. The zero-order valence-corrected chi connectivity index (χ0v) is 11.1. The monoisotopic (exact) mass is 266 g/mol. The second kappa shape index (κ2) is 6.48. The van der Waals surface area contributed by atoms with E-state index in [1.165, 1.54) is 13.2 Å². The SMILES string of the molecule is COC(=O)C=Cc1cccc(C(=O)c2ccccc2)c1. The lowest BCUT2D eigenvalue weighted by molar-refractivity contribution is -0.134. The van der Waals surface area contributed by atoms with Crippen LogP contribution in [0.3, 0.4) is 0 Å². The van der Waals surface area contributed by atoms with E-state index in [-0.39, 0.29) is 5.78 Å². The standard InChI is InChI=1S/C17H14O3/c1-20-16(18)11-10-13-6-5-9-15(12-13)17(19)14-7-3-2-4-8-14/h2-12H,1H3. The highest BCUT2D eigenvalue weighted by Gasteiger charge is 2.08. The first-order chi connectivity index (χ1) is 9.70. The molecule has 0 fully saturated rings. The second-order valence-corrected chi connectivity index (χ2v) is 4.18. The lowest BCUT2D eigenvalue weighted by Gasteiger charge is -2.02. The van der Waals surface area contributed by atoms with Crippen LogP contribution in [0.5, 0.6) is 0 Å². The van der Waals surface area contributed by atoms with Crippen molar-refractivity contribution in [3.63, 3.8) is 0 Å². The number of carbonyl (C=O) groups excluding carboxylic acids is 2. The minimum Gasteiger partial charge on any atom is -0.466 e. The van der Waals surface area contributed by atoms with Crippen molar-refractivity contribution >= 4 is 17.8 Å². The number of hydrogen-bond acceptors (Lipinski definition) is 3. The number of ketones is 1. The highest BCUT2D eigenvalue weighted by atomic mass is 16.5. The normalized spacial score (nSPS) is 10.4. The van der Waals surface area contributed by atoms with Gasteiger partial charge in [0.2, 0.25) is 0 Å². The Kier molecular flexibility index (Phi) is 4.45. The summed E-state index contributed by atoms with van der Waals surface area (Å²) in [5.74, 6) is -0.469. The summed E-state index contributed by atoms with van der Waals surface area (Å²) in [5.41, 5.74) is 2.00. The van der Waals surface area contributed by atoms with Gasteiger partial charge in [-0.1, -0.05) is 48.5 Å². The van der Waals surface area contributed by atoms with Gasteiger partial charge < -0.3 is 4.74 Å². The van der Waals surface area contributed by atoms with Crippen molar-refractivity contribution in [2.45, 2.75) is 0 Å². The van der Waals surface area contributed by atoms with E-state index < -0.39 is 5.97 Å². The molecule has 20 heavy (non-hydrogen) atoms. The molecular formula is C17H14O3. The van der Waals surface area contributed by atoms with Crippen molar-refractivity contribution in [3.05, 3.63) is 77.4 Å². The Balaban J connectivity index is 2.24. The van der Waals surface area contributed by atoms with Gasteiger partial charge in [-0.25, -0.2) is 4.79 Å². The van der Waals surface area contributed by atoms with Gasteiger partial charge in [-0.2, -0.15) is 0 Å². The predicted molar refractivity (Wildman–Crippen MR) is 77.4 cm³/mol. The van der Waals surface area contributed by atoms with E-state index in [4.69, 9.17) is 0 Å². The fourth-order valence-corrected chi connectivity index (χ4v) is 1.77. The first-order valence-corrected chi connectivity index (χ1v) is 6.16. The zero-order chi connectivity index (χ0) is 14.4. The summed E-state index contributed by atoms with van der Waals surface area (Å²) in [6.45, 7) is 0. The maximum atomic E-state index is 12.3. The van der Waals surface area contributed by atoms with Crippen LogP contribution in [-0.2, 0) is 9.53 Å². The summed E-state index contributed by atoms with van der Waals surface area (Å²) in [6, 6.07) is 16.2. The molecule has 0 saturated heterocycles. The van der Waals surface area contributed by atoms with Gasteiger partial charge in [0.25, 0.3) is 0 Å². The fraction of sp³-hybridized carbons (Fsp3) is 0.0588. The van der Waals surface area contributed by atoms with Crippen LogP contribution in [0, 0.1) is 0 Å². The van der Waals surface area contributed by atoms with E-state index in [9.17, 15) is 9.59 Å². The molecule has 0 aliphatic heterocycles. The minimum absolute atomic E-state index is 0.0427. The van der Waals surface area contributed by atoms with Gasteiger partial charge in [-0.05, 0) is 17.7 Å². The molecule has 2 rings (SSSR count). The van der Waals surface area contributed by atoms with Gasteiger partial charge in [-0.15, -0.1) is 0 Å². The molecule has 0 aliphatic rings. The molecule has 0 spiro atoms. The predicted octanol–water partition coefficient (Wildman–Crippen LogP) is 3.10. The Hall–Kier alpha value is -2.68. The number of hydrogen-bond donors (Lipinski definition) is 0. The molecule has 0 heterocycles. The summed E-state index contributed by atoms with van der Waals surface area (Å²) >= 11 is 0. The smallest absolute Gasteiger partial charge is 0.330 e. The van der Waals surface area contributed by atoms with E-state index in [2.05, 4.69) is 4.74 Å². The van der Waals surface area contributed by atoms with Crippen molar-refractivity contribution in [3.8, 4) is 0 Å². The largest absolute Gasteiger partial charge is 0.466 e. The van der Waals surface area contributed by atoms with Crippen LogP contribution in [0.1, 0.15) is 21.5 Å². The molecular weight excluding hydrogens is 252 g/mol. The molecule has 100 valence electrons. The third-order valence-electron chi connectivity index (χ3n) is 2.80. The summed E-state index contributed by atoms with van der Waals surface area (Å²) in [6.07, 6.45) is 2.94. The Bertz CT molecular complexity index is 642. The number of rotatable bonds is 4. The molecule has 2 aromatic carbocycles. The topological polar surface area (TPSA) is 43.4 Å². The van der Waals surface area contributed by atoms with Crippen molar-refractivity contribution in [2.24, 2.45) is 0 Å². The molecule has 0 radical (unpaired) electrons. The minimum atomic E-state index is -0.426. The van der Waals surface area contributed by atoms with Gasteiger partial charge in [0.15, 0.2) is 5.78 Å². The molecule has 0 aliphatic carbocycles. The van der Waals surface area contributed by atoms with E-state index >= 15 is 0 Å². The molecule has 0 atom stereocenters. The molecule has 2 aromatic rings. The summed E-state index contributed by atoms with van der Waals surface area (Å²) in [7, 11) is 1.32. The van der Waals surface area contributed by atoms with E-state index in [0.29, 0.717) is 11.1 Å². The molecule has 3 nitrogen and oxygen atoms in total. The lowest BCUT2D eigenvalue weighted by Crippen LogP contribution is -2.01. The number of benzene rings is 2. The third-order valence-corrected chi connectivity index (χ3v) is 2.80.